The van der Waals surface area contributed by atoms with Crippen LogP contribution in [-0.2, 0) is 13.0 Å². The molecule has 142 valence electrons. The molecule has 0 aliphatic carbocycles. The van der Waals surface area contributed by atoms with Gasteiger partial charge in [-0.3, -0.25) is 10.00 Å². The van der Waals surface area contributed by atoms with Gasteiger partial charge < -0.3 is 9.84 Å². The maximum absolute atomic E-state index is 10.5. The summed E-state index contributed by atoms with van der Waals surface area (Å²) in [4.78, 5) is 2.35. The maximum atomic E-state index is 10.5. The van der Waals surface area contributed by atoms with Crippen LogP contribution in [0.1, 0.15) is 47.8 Å². The zero-order valence-corrected chi connectivity index (χ0v) is 16.5. The summed E-state index contributed by atoms with van der Waals surface area (Å²) in [5.74, 6) is 1.62. The zero-order valence-electron chi connectivity index (χ0n) is 16.5. The van der Waals surface area contributed by atoms with Crippen molar-refractivity contribution >= 4 is 0 Å². The predicted octanol–water partition coefficient (Wildman–Crippen LogP) is 3.19. The van der Waals surface area contributed by atoms with E-state index in [2.05, 4.69) is 54.1 Å². The Bertz CT molecular complexity index is 754. The molecule has 5 nitrogen and oxygen atoms in total. The third-order valence-electron chi connectivity index (χ3n) is 5.42. The molecule has 1 aliphatic heterocycles. The quantitative estimate of drug-likeness (QED) is 0.833. The minimum Gasteiger partial charge on any atom is -0.496 e. The summed E-state index contributed by atoms with van der Waals surface area (Å²) >= 11 is 0. The third kappa shape index (κ3) is 4.10. The number of likely N-dealkylation sites (tertiary alicyclic amines) is 1. The highest BCUT2D eigenvalue weighted by molar-refractivity contribution is 5.44. The number of hydrogen-bond donors (Lipinski definition) is 2. The second kappa shape index (κ2) is 7.80. The first-order chi connectivity index (χ1) is 12.4. The third-order valence-corrected chi connectivity index (χ3v) is 5.42. The molecule has 1 fully saturated rings. The number of aromatic nitrogens is 2. The Hall–Kier alpha value is -1.85. The fourth-order valence-corrected chi connectivity index (χ4v) is 3.90. The van der Waals surface area contributed by atoms with Crippen LogP contribution >= 0.6 is 0 Å². The highest BCUT2D eigenvalue weighted by atomic mass is 16.5. The number of H-pyrrole nitrogens is 1. The van der Waals surface area contributed by atoms with Crippen molar-refractivity contribution in [2.24, 2.45) is 5.92 Å². The van der Waals surface area contributed by atoms with Gasteiger partial charge in [0.1, 0.15) is 5.75 Å². The molecule has 1 aromatic heterocycles. The highest BCUT2D eigenvalue weighted by Gasteiger charge is 2.32. The summed E-state index contributed by atoms with van der Waals surface area (Å²) in [7, 11) is 1.73. The minimum absolute atomic E-state index is 0.237. The maximum Gasteiger partial charge on any atom is 0.122 e. The number of methoxy groups -OCH3 is 1. The smallest absolute Gasteiger partial charge is 0.122 e. The molecule has 1 saturated heterocycles. The number of β-amino-alcohol motifs (C(OH)–C–C–N with tert-alkyl or cyclic N) is 1. The van der Waals surface area contributed by atoms with E-state index in [1.54, 1.807) is 7.11 Å². The molecule has 2 aromatic rings. The number of hydrogen-bond acceptors (Lipinski definition) is 4. The molecule has 5 heteroatoms. The van der Waals surface area contributed by atoms with Crippen molar-refractivity contribution in [2.45, 2.75) is 52.7 Å². The van der Waals surface area contributed by atoms with Crippen LogP contribution in [0.3, 0.4) is 0 Å². The van der Waals surface area contributed by atoms with Crippen LogP contribution in [0.2, 0.25) is 0 Å². The molecule has 0 spiro atoms. The van der Waals surface area contributed by atoms with Crippen molar-refractivity contribution in [1.82, 2.24) is 15.1 Å². The van der Waals surface area contributed by atoms with Gasteiger partial charge in [-0.15, -0.1) is 0 Å². The number of nitrogens with zero attached hydrogens (tertiary/aromatic N) is 2. The van der Waals surface area contributed by atoms with Crippen molar-refractivity contribution < 1.29 is 9.84 Å². The molecule has 0 saturated carbocycles. The summed E-state index contributed by atoms with van der Waals surface area (Å²) in [6.45, 7) is 11.0. The monoisotopic (exact) mass is 357 g/mol. The second-order valence-electron chi connectivity index (χ2n) is 7.94. The Balaban J connectivity index is 1.70. The number of aryl methyl sites for hydroxylation is 2. The summed E-state index contributed by atoms with van der Waals surface area (Å²) in [6.07, 6.45) is 0.524. The first kappa shape index (κ1) is 18.9. The van der Waals surface area contributed by atoms with Crippen LogP contribution in [0.5, 0.6) is 5.75 Å². The Morgan fingerprint density at radius 1 is 1.27 bits per heavy atom. The normalized spacial score (nSPS) is 20.9. The van der Waals surface area contributed by atoms with Crippen LogP contribution < -0.4 is 4.74 Å². The Morgan fingerprint density at radius 3 is 2.65 bits per heavy atom. The SMILES string of the molecule is COc1cc(C)c(CN2C[C@@H](Cc3cc(C)[nH]n3)[C@@H](O)C2)cc1C(C)C. The lowest BCUT2D eigenvalue weighted by molar-refractivity contribution is 0.140. The van der Waals surface area contributed by atoms with Crippen LogP contribution in [-0.4, -0.2) is 46.5 Å². The fourth-order valence-electron chi connectivity index (χ4n) is 3.90. The number of aliphatic hydroxyl groups is 1. The topological polar surface area (TPSA) is 61.4 Å². The number of ether oxygens (including phenoxy) is 1. The molecule has 1 aliphatic rings. The predicted molar refractivity (Wildman–Crippen MR) is 104 cm³/mol. The first-order valence-corrected chi connectivity index (χ1v) is 9.46. The number of nitrogens with one attached hydrogen (secondary N) is 1. The summed E-state index contributed by atoms with van der Waals surface area (Å²) in [5, 5.41) is 17.8. The molecular weight excluding hydrogens is 326 g/mol. The largest absolute Gasteiger partial charge is 0.496 e. The van der Waals surface area contributed by atoms with E-state index in [1.807, 2.05) is 6.92 Å². The first-order valence-electron chi connectivity index (χ1n) is 9.46. The molecule has 26 heavy (non-hydrogen) atoms. The second-order valence-corrected chi connectivity index (χ2v) is 7.94. The van der Waals surface area contributed by atoms with Gasteiger partial charge in [-0.1, -0.05) is 19.9 Å². The Labute approximate surface area is 156 Å². The van der Waals surface area contributed by atoms with Crippen LogP contribution in [0.25, 0.3) is 0 Å². The van der Waals surface area contributed by atoms with E-state index in [1.165, 1.54) is 16.7 Å². The molecule has 0 amide bonds. The lowest BCUT2D eigenvalue weighted by Crippen LogP contribution is -2.22. The van der Waals surface area contributed by atoms with E-state index in [0.29, 0.717) is 5.92 Å². The molecule has 1 aromatic carbocycles. The standard InChI is InChI=1S/C21H31N3O2/c1-13(2)19-9-16(14(3)6-21(19)26-5)10-24-11-17(20(25)12-24)8-18-7-15(4)22-23-18/h6-7,9,13,17,20,25H,8,10-12H2,1-5H3,(H,22,23)/t17-,20+/m1/s1. The van der Waals surface area contributed by atoms with Gasteiger partial charge in [0, 0.05) is 31.2 Å². The average molecular weight is 357 g/mol. The Kier molecular flexibility index (Phi) is 5.68. The van der Waals surface area contributed by atoms with E-state index in [9.17, 15) is 5.11 Å². The van der Waals surface area contributed by atoms with Gasteiger partial charge in [-0.25, -0.2) is 0 Å². The molecule has 2 N–H and O–H groups in total. The van der Waals surface area contributed by atoms with Gasteiger partial charge >= 0.3 is 0 Å². The molecule has 0 unspecified atom stereocenters. The lowest BCUT2D eigenvalue weighted by Gasteiger charge is -2.20. The Morgan fingerprint density at radius 2 is 2.04 bits per heavy atom. The van der Waals surface area contributed by atoms with E-state index in [4.69, 9.17) is 4.74 Å². The van der Waals surface area contributed by atoms with E-state index >= 15 is 0 Å². The summed E-state index contributed by atoms with van der Waals surface area (Å²) < 4.78 is 5.55. The van der Waals surface area contributed by atoms with Crippen molar-refractivity contribution in [1.29, 1.82) is 0 Å². The highest BCUT2D eigenvalue weighted by Crippen LogP contribution is 2.31. The number of rotatable bonds is 6. The molecule has 2 heterocycles. The van der Waals surface area contributed by atoms with Gasteiger partial charge in [-0.2, -0.15) is 5.10 Å². The van der Waals surface area contributed by atoms with E-state index < -0.39 is 0 Å². The van der Waals surface area contributed by atoms with Crippen LogP contribution in [0, 0.1) is 19.8 Å². The molecular formula is C21H31N3O2. The number of aliphatic hydroxyl groups excluding tert-OH is 1. The van der Waals surface area contributed by atoms with Gasteiger partial charge in [-0.05, 0) is 55.0 Å². The minimum atomic E-state index is -0.296. The molecule has 0 bridgehead atoms. The van der Waals surface area contributed by atoms with E-state index in [-0.39, 0.29) is 12.0 Å². The van der Waals surface area contributed by atoms with Gasteiger partial charge in [0.25, 0.3) is 0 Å². The summed E-state index contributed by atoms with van der Waals surface area (Å²) in [6, 6.07) is 6.48. The molecule has 2 atom stereocenters. The molecule has 3 rings (SSSR count). The van der Waals surface area contributed by atoms with Gasteiger partial charge in [0.15, 0.2) is 0 Å². The van der Waals surface area contributed by atoms with Crippen molar-refractivity contribution in [2.75, 3.05) is 20.2 Å². The van der Waals surface area contributed by atoms with Gasteiger partial charge in [0.05, 0.1) is 18.9 Å². The fraction of sp³-hybridized carbons (Fsp3) is 0.571. The van der Waals surface area contributed by atoms with Crippen LogP contribution in [0.15, 0.2) is 18.2 Å². The van der Waals surface area contributed by atoms with Crippen molar-refractivity contribution in [3.8, 4) is 5.75 Å². The number of benzene rings is 1. The van der Waals surface area contributed by atoms with Crippen molar-refractivity contribution in [3.05, 3.63) is 46.3 Å². The lowest BCUT2D eigenvalue weighted by atomic mass is 9.96. The van der Waals surface area contributed by atoms with Gasteiger partial charge in [0.2, 0.25) is 0 Å². The average Bonchev–Trinajstić information content (AvgIpc) is 3.14. The zero-order chi connectivity index (χ0) is 18.8. The van der Waals surface area contributed by atoms with Crippen LogP contribution in [0.4, 0.5) is 0 Å². The number of aromatic amines is 1. The van der Waals surface area contributed by atoms with E-state index in [0.717, 1.165) is 43.2 Å². The molecule has 0 radical (unpaired) electrons. The summed E-state index contributed by atoms with van der Waals surface area (Å²) in [5.41, 5.74) is 5.91. The van der Waals surface area contributed by atoms with Crippen molar-refractivity contribution in [3.63, 3.8) is 0 Å².